The Bertz CT molecular complexity index is 706. The van der Waals surface area contributed by atoms with E-state index in [0.717, 1.165) is 55.4 Å². The van der Waals surface area contributed by atoms with Gasteiger partial charge in [-0.15, -0.1) is 0 Å². The standard InChI is InChI=1S/C19H27FN4/c1-3-21-19(24-10-4-5-14(2)13-24)22-9-8-15-12-23-18-11-16(20)6-7-17(15)18/h6-7,11-12,14,23H,3-5,8-10,13H2,1-2H3,(H,21,22). The van der Waals surface area contributed by atoms with E-state index in [1.807, 2.05) is 12.3 Å². The number of hydrogen-bond acceptors (Lipinski definition) is 1. The van der Waals surface area contributed by atoms with Crippen LogP contribution in [0.2, 0.25) is 0 Å². The van der Waals surface area contributed by atoms with Crippen molar-refractivity contribution in [2.24, 2.45) is 10.9 Å². The summed E-state index contributed by atoms with van der Waals surface area (Å²) in [5.74, 6) is 1.55. The van der Waals surface area contributed by atoms with Crippen LogP contribution in [0.5, 0.6) is 0 Å². The van der Waals surface area contributed by atoms with Crippen LogP contribution in [0.4, 0.5) is 4.39 Å². The Hall–Kier alpha value is -2.04. The Labute approximate surface area is 143 Å². The number of aliphatic imine (C=N–C) groups is 1. The maximum atomic E-state index is 13.3. The highest BCUT2D eigenvalue weighted by Gasteiger charge is 2.19. The SMILES string of the molecule is CCNC(=NCCc1c[nH]c2cc(F)ccc12)N1CCCC(C)C1. The van der Waals surface area contributed by atoms with Crippen molar-refractivity contribution in [3.8, 4) is 0 Å². The molecule has 24 heavy (non-hydrogen) atoms. The van der Waals surface area contributed by atoms with Gasteiger partial charge in [0.1, 0.15) is 5.82 Å². The highest BCUT2D eigenvalue weighted by atomic mass is 19.1. The summed E-state index contributed by atoms with van der Waals surface area (Å²) in [4.78, 5) is 10.3. The van der Waals surface area contributed by atoms with Crippen molar-refractivity contribution < 1.29 is 4.39 Å². The fourth-order valence-corrected chi connectivity index (χ4v) is 3.46. The van der Waals surface area contributed by atoms with Gasteiger partial charge in [0.25, 0.3) is 0 Å². The lowest BCUT2D eigenvalue weighted by atomic mass is 10.0. The lowest BCUT2D eigenvalue weighted by Crippen LogP contribution is -2.46. The van der Waals surface area contributed by atoms with Gasteiger partial charge < -0.3 is 15.2 Å². The van der Waals surface area contributed by atoms with Crippen LogP contribution >= 0.6 is 0 Å². The summed E-state index contributed by atoms with van der Waals surface area (Å²) in [6, 6.07) is 4.90. The maximum absolute atomic E-state index is 13.3. The van der Waals surface area contributed by atoms with E-state index in [9.17, 15) is 4.39 Å². The van der Waals surface area contributed by atoms with Crippen molar-refractivity contribution >= 4 is 16.9 Å². The highest BCUT2D eigenvalue weighted by Crippen LogP contribution is 2.20. The van der Waals surface area contributed by atoms with Gasteiger partial charge in [-0.3, -0.25) is 4.99 Å². The maximum Gasteiger partial charge on any atom is 0.193 e. The van der Waals surface area contributed by atoms with Crippen molar-refractivity contribution in [1.82, 2.24) is 15.2 Å². The molecule has 2 N–H and O–H groups in total. The number of fused-ring (bicyclic) bond motifs is 1. The van der Waals surface area contributed by atoms with Gasteiger partial charge in [-0.05, 0) is 55.9 Å². The molecule has 1 aromatic carbocycles. The molecule has 0 amide bonds. The molecule has 1 aromatic heterocycles. The molecule has 130 valence electrons. The Morgan fingerprint density at radius 1 is 1.46 bits per heavy atom. The number of benzene rings is 1. The van der Waals surface area contributed by atoms with Crippen molar-refractivity contribution in [2.45, 2.75) is 33.1 Å². The number of aromatic amines is 1. The van der Waals surface area contributed by atoms with Crippen LogP contribution in [0.1, 0.15) is 32.3 Å². The molecule has 0 bridgehead atoms. The molecule has 1 aliphatic rings. The second-order valence-electron chi connectivity index (χ2n) is 6.68. The van der Waals surface area contributed by atoms with Gasteiger partial charge in [0.05, 0.1) is 0 Å². The van der Waals surface area contributed by atoms with Gasteiger partial charge in [0.2, 0.25) is 0 Å². The fourth-order valence-electron chi connectivity index (χ4n) is 3.46. The van der Waals surface area contributed by atoms with Gasteiger partial charge in [0, 0.05) is 43.3 Å². The minimum absolute atomic E-state index is 0.206. The molecule has 1 atom stereocenters. The minimum Gasteiger partial charge on any atom is -0.361 e. The fraction of sp³-hybridized carbons (Fsp3) is 0.526. The van der Waals surface area contributed by atoms with E-state index in [1.54, 1.807) is 6.07 Å². The number of aromatic nitrogens is 1. The van der Waals surface area contributed by atoms with Crippen molar-refractivity contribution in [2.75, 3.05) is 26.2 Å². The zero-order valence-corrected chi connectivity index (χ0v) is 14.6. The number of piperidine rings is 1. The summed E-state index contributed by atoms with van der Waals surface area (Å²) in [5.41, 5.74) is 2.04. The molecule has 5 heteroatoms. The Balaban J connectivity index is 1.67. The molecule has 0 aliphatic carbocycles. The average Bonchev–Trinajstić information content (AvgIpc) is 2.96. The predicted molar refractivity (Wildman–Crippen MR) is 97.9 cm³/mol. The summed E-state index contributed by atoms with van der Waals surface area (Å²) in [7, 11) is 0. The minimum atomic E-state index is -0.206. The first-order chi connectivity index (χ1) is 11.7. The molecule has 2 aromatic rings. The molecule has 0 saturated carbocycles. The highest BCUT2D eigenvalue weighted by molar-refractivity contribution is 5.83. The molecule has 3 rings (SSSR count). The van der Waals surface area contributed by atoms with E-state index < -0.39 is 0 Å². The molecule has 2 heterocycles. The van der Waals surface area contributed by atoms with E-state index in [1.165, 1.54) is 24.5 Å². The second-order valence-corrected chi connectivity index (χ2v) is 6.68. The zero-order chi connectivity index (χ0) is 16.9. The first-order valence-electron chi connectivity index (χ1n) is 8.96. The quantitative estimate of drug-likeness (QED) is 0.665. The van der Waals surface area contributed by atoms with Crippen LogP contribution < -0.4 is 5.32 Å². The largest absolute Gasteiger partial charge is 0.361 e. The topological polar surface area (TPSA) is 43.4 Å². The van der Waals surface area contributed by atoms with Crippen LogP contribution in [0, 0.1) is 11.7 Å². The van der Waals surface area contributed by atoms with Gasteiger partial charge in [-0.2, -0.15) is 0 Å². The van der Waals surface area contributed by atoms with Crippen molar-refractivity contribution in [1.29, 1.82) is 0 Å². The number of H-pyrrole nitrogens is 1. The lowest BCUT2D eigenvalue weighted by molar-refractivity contribution is 0.266. The summed E-state index contributed by atoms with van der Waals surface area (Å²) >= 11 is 0. The summed E-state index contributed by atoms with van der Waals surface area (Å²) in [6.45, 7) is 8.20. The van der Waals surface area contributed by atoms with Gasteiger partial charge >= 0.3 is 0 Å². The third-order valence-corrected chi connectivity index (χ3v) is 4.66. The Morgan fingerprint density at radius 3 is 3.12 bits per heavy atom. The van der Waals surface area contributed by atoms with Crippen LogP contribution in [0.25, 0.3) is 10.9 Å². The smallest absolute Gasteiger partial charge is 0.193 e. The Kier molecular flexibility index (Phi) is 5.38. The second kappa shape index (κ2) is 7.69. The van der Waals surface area contributed by atoms with Crippen LogP contribution in [0.15, 0.2) is 29.4 Å². The van der Waals surface area contributed by atoms with E-state index in [4.69, 9.17) is 4.99 Å². The monoisotopic (exact) mass is 330 g/mol. The number of hydrogen-bond donors (Lipinski definition) is 2. The molecule has 1 unspecified atom stereocenters. The number of nitrogens with one attached hydrogen (secondary N) is 2. The molecule has 1 aliphatic heterocycles. The van der Waals surface area contributed by atoms with Crippen LogP contribution in [-0.2, 0) is 6.42 Å². The van der Waals surface area contributed by atoms with Crippen molar-refractivity contribution in [3.05, 3.63) is 35.8 Å². The first-order valence-corrected chi connectivity index (χ1v) is 8.96. The van der Waals surface area contributed by atoms with E-state index in [-0.39, 0.29) is 5.82 Å². The third kappa shape index (κ3) is 3.89. The van der Waals surface area contributed by atoms with Gasteiger partial charge in [-0.1, -0.05) is 6.92 Å². The molecule has 0 spiro atoms. The van der Waals surface area contributed by atoms with Gasteiger partial charge in [-0.25, -0.2) is 4.39 Å². The molecule has 1 fully saturated rings. The number of nitrogens with zero attached hydrogens (tertiary/aromatic N) is 2. The van der Waals surface area contributed by atoms with E-state index >= 15 is 0 Å². The van der Waals surface area contributed by atoms with E-state index in [2.05, 4.69) is 29.0 Å². The van der Waals surface area contributed by atoms with Gasteiger partial charge in [0.15, 0.2) is 5.96 Å². The average molecular weight is 330 g/mol. The van der Waals surface area contributed by atoms with E-state index in [0.29, 0.717) is 0 Å². The predicted octanol–water partition coefficient (Wildman–Crippen LogP) is 3.55. The third-order valence-electron chi connectivity index (χ3n) is 4.66. The molecule has 1 saturated heterocycles. The number of halogens is 1. The molecule has 0 radical (unpaired) electrons. The van der Waals surface area contributed by atoms with Crippen molar-refractivity contribution in [3.63, 3.8) is 0 Å². The Morgan fingerprint density at radius 2 is 2.33 bits per heavy atom. The van der Waals surface area contributed by atoms with Crippen LogP contribution in [0.3, 0.4) is 0 Å². The molecule has 4 nitrogen and oxygen atoms in total. The number of guanidine groups is 1. The zero-order valence-electron chi connectivity index (χ0n) is 14.6. The molecular formula is C19H27FN4. The number of rotatable bonds is 4. The van der Waals surface area contributed by atoms with Crippen LogP contribution in [-0.4, -0.2) is 42.0 Å². The molecular weight excluding hydrogens is 303 g/mol. The normalized spacial score (nSPS) is 19.0. The summed E-state index contributed by atoms with van der Waals surface area (Å²) in [6.07, 6.45) is 5.36. The summed E-state index contributed by atoms with van der Waals surface area (Å²) in [5, 5.41) is 4.50. The lowest BCUT2D eigenvalue weighted by Gasteiger charge is -2.33. The number of likely N-dealkylation sites (tertiary alicyclic amines) is 1. The summed E-state index contributed by atoms with van der Waals surface area (Å²) < 4.78 is 13.3. The first kappa shape index (κ1) is 16.8.